The Labute approximate surface area is 180 Å². The van der Waals surface area contributed by atoms with Gasteiger partial charge in [-0.1, -0.05) is 29.3 Å². The number of piperidine rings is 1. The standard InChI is InChI=1S/C20H22ClN3O5S/c1-14-3-5-16(6-4-14)22(2)20(25)15-9-11-23(12-10-15)30(28,29)17-7-8-18(21)19(13-17)24(26)27/h3-8,13,15H,9-12H2,1-2H3. The number of hydrogen-bond acceptors (Lipinski definition) is 5. The fourth-order valence-corrected chi connectivity index (χ4v) is 5.13. The summed E-state index contributed by atoms with van der Waals surface area (Å²) >= 11 is 5.78. The van der Waals surface area contributed by atoms with Gasteiger partial charge in [0, 0.05) is 37.8 Å². The molecule has 2 aromatic carbocycles. The molecule has 1 saturated heterocycles. The zero-order chi connectivity index (χ0) is 22.1. The molecule has 1 amide bonds. The molecule has 0 N–H and O–H groups in total. The second kappa shape index (κ2) is 8.71. The summed E-state index contributed by atoms with van der Waals surface area (Å²) < 4.78 is 27.1. The first-order valence-corrected chi connectivity index (χ1v) is 11.2. The first-order chi connectivity index (χ1) is 14.1. The SMILES string of the molecule is Cc1ccc(N(C)C(=O)C2CCN(S(=O)(=O)c3ccc(Cl)c([N+](=O)[O-])c3)CC2)cc1. The second-order valence-electron chi connectivity index (χ2n) is 7.28. The Morgan fingerprint density at radius 3 is 2.33 bits per heavy atom. The molecular weight excluding hydrogens is 430 g/mol. The summed E-state index contributed by atoms with van der Waals surface area (Å²) in [5, 5.41) is 10.9. The van der Waals surface area contributed by atoms with Crippen molar-refractivity contribution in [2.24, 2.45) is 5.92 Å². The highest BCUT2D eigenvalue weighted by molar-refractivity contribution is 7.89. The van der Waals surface area contributed by atoms with Gasteiger partial charge in [0.1, 0.15) is 5.02 Å². The van der Waals surface area contributed by atoms with E-state index in [-0.39, 0.29) is 34.8 Å². The van der Waals surface area contributed by atoms with Crippen molar-refractivity contribution in [1.82, 2.24) is 4.31 Å². The number of anilines is 1. The molecular formula is C20H22ClN3O5S. The quantitative estimate of drug-likeness (QED) is 0.510. The fourth-order valence-electron chi connectivity index (χ4n) is 3.45. The van der Waals surface area contributed by atoms with Crippen molar-refractivity contribution >= 4 is 38.9 Å². The van der Waals surface area contributed by atoms with Gasteiger partial charge in [-0.3, -0.25) is 14.9 Å². The number of carbonyl (C=O) groups is 1. The molecule has 10 heteroatoms. The maximum absolute atomic E-state index is 12.9. The van der Waals surface area contributed by atoms with Crippen molar-refractivity contribution < 1.29 is 18.1 Å². The summed E-state index contributed by atoms with van der Waals surface area (Å²) in [6, 6.07) is 11.0. The zero-order valence-corrected chi connectivity index (χ0v) is 18.2. The van der Waals surface area contributed by atoms with Gasteiger partial charge in [-0.05, 0) is 44.0 Å². The molecule has 160 valence electrons. The molecule has 0 radical (unpaired) electrons. The van der Waals surface area contributed by atoms with Crippen LogP contribution in [0.1, 0.15) is 18.4 Å². The lowest BCUT2D eigenvalue weighted by Crippen LogP contribution is -2.43. The van der Waals surface area contributed by atoms with Crippen molar-refractivity contribution in [2.45, 2.75) is 24.7 Å². The molecule has 0 spiro atoms. The van der Waals surface area contributed by atoms with E-state index in [1.807, 2.05) is 31.2 Å². The molecule has 1 aliphatic heterocycles. The zero-order valence-electron chi connectivity index (χ0n) is 16.6. The largest absolute Gasteiger partial charge is 0.315 e. The van der Waals surface area contributed by atoms with E-state index < -0.39 is 20.6 Å². The predicted octanol–water partition coefficient (Wildman–Crippen LogP) is 3.62. The number of nitro groups is 1. The van der Waals surface area contributed by atoms with Crippen LogP contribution in [0, 0.1) is 23.0 Å². The highest BCUT2D eigenvalue weighted by Crippen LogP contribution is 2.31. The lowest BCUT2D eigenvalue weighted by Gasteiger charge is -2.32. The lowest BCUT2D eigenvalue weighted by atomic mass is 9.96. The molecule has 0 aromatic heterocycles. The number of rotatable bonds is 5. The van der Waals surface area contributed by atoms with E-state index in [0.717, 1.165) is 17.3 Å². The smallest absolute Gasteiger partial charge is 0.289 e. The summed E-state index contributed by atoms with van der Waals surface area (Å²) in [5.74, 6) is -0.347. The van der Waals surface area contributed by atoms with Crippen LogP contribution in [-0.2, 0) is 14.8 Å². The van der Waals surface area contributed by atoms with Crippen molar-refractivity contribution in [2.75, 3.05) is 25.0 Å². The Morgan fingerprint density at radius 1 is 1.17 bits per heavy atom. The van der Waals surface area contributed by atoms with E-state index in [1.54, 1.807) is 11.9 Å². The molecule has 0 unspecified atom stereocenters. The number of nitrogens with zero attached hydrogens (tertiary/aromatic N) is 3. The molecule has 1 fully saturated rings. The average Bonchev–Trinajstić information content (AvgIpc) is 2.73. The van der Waals surface area contributed by atoms with Gasteiger partial charge < -0.3 is 4.90 Å². The molecule has 0 bridgehead atoms. The molecule has 1 aliphatic rings. The van der Waals surface area contributed by atoms with Gasteiger partial charge in [0.25, 0.3) is 5.69 Å². The van der Waals surface area contributed by atoms with Gasteiger partial charge in [0.05, 0.1) is 9.82 Å². The van der Waals surface area contributed by atoms with E-state index >= 15 is 0 Å². The van der Waals surface area contributed by atoms with Crippen LogP contribution >= 0.6 is 11.6 Å². The van der Waals surface area contributed by atoms with E-state index in [1.165, 1.54) is 16.4 Å². The van der Waals surface area contributed by atoms with E-state index in [0.29, 0.717) is 12.8 Å². The Balaban J connectivity index is 1.70. The molecule has 3 rings (SSSR count). The second-order valence-corrected chi connectivity index (χ2v) is 9.63. The predicted molar refractivity (Wildman–Crippen MR) is 114 cm³/mol. The minimum atomic E-state index is -3.92. The minimum Gasteiger partial charge on any atom is -0.315 e. The minimum absolute atomic E-state index is 0.0574. The number of amides is 1. The molecule has 30 heavy (non-hydrogen) atoms. The normalized spacial score (nSPS) is 15.7. The molecule has 1 heterocycles. The van der Waals surface area contributed by atoms with Crippen molar-refractivity contribution in [1.29, 1.82) is 0 Å². The molecule has 8 nitrogen and oxygen atoms in total. The summed E-state index contributed by atoms with van der Waals surface area (Å²) in [6.45, 7) is 2.30. The summed E-state index contributed by atoms with van der Waals surface area (Å²) in [4.78, 5) is 24.6. The van der Waals surface area contributed by atoms with Crippen LogP contribution in [0.15, 0.2) is 47.4 Å². The monoisotopic (exact) mass is 451 g/mol. The maximum atomic E-state index is 12.9. The fraction of sp³-hybridized carbons (Fsp3) is 0.350. The third kappa shape index (κ3) is 4.48. The molecule has 0 saturated carbocycles. The van der Waals surface area contributed by atoms with E-state index in [9.17, 15) is 23.3 Å². The topological polar surface area (TPSA) is 101 Å². The lowest BCUT2D eigenvalue weighted by molar-refractivity contribution is -0.384. The number of halogens is 1. The van der Waals surface area contributed by atoms with Gasteiger partial charge in [0.15, 0.2) is 0 Å². The van der Waals surface area contributed by atoms with Gasteiger partial charge >= 0.3 is 0 Å². The van der Waals surface area contributed by atoms with E-state index in [4.69, 9.17) is 11.6 Å². The first kappa shape index (κ1) is 22.2. The number of sulfonamides is 1. The van der Waals surface area contributed by atoms with Crippen LogP contribution in [0.5, 0.6) is 0 Å². The number of benzene rings is 2. The van der Waals surface area contributed by atoms with Crippen molar-refractivity contribution in [3.63, 3.8) is 0 Å². The van der Waals surface area contributed by atoms with Crippen molar-refractivity contribution in [3.8, 4) is 0 Å². The average molecular weight is 452 g/mol. The molecule has 0 atom stereocenters. The number of carbonyl (C=O) groups excluding carboxylic acids is 1. The van der Waals surface area contributed by atoms with Crippen LogP contribution in [0.25, 0.3) is 0 Å². The highest BCUT2D eigenvalue weighted by Gasteiger charge is 2.34. The number of hydrogen-bond donors (Lipinski definition) is 0. The number of aryl methyl sites for hydroxylation is 1. The molecule has 0 aliphatic carbocycles. The van der Waals surface area contributed by atoms with Gasteiger partial charge in [-0.15, -0.1) is 0 Å². The Kier molecular flexibility index (Phi) is 6.44. The highest BCUT2D eigenvalue weighted by atomic mass is 35.5. The Bertz CT molecular complexity index is 1060. The Morgan fingerprint density at radius 2 is 1.77 bits per heavy atom. The maximum Gasteiger partial charge on any atom is 0.289 e. The van der Waals surface area contributed by atoms with Crippen LogP contribution in [0.2, 0.25) is 5.02 Å². The number of nitro benzene ring substituents is 1. The van der Waals surface area contributed by atoms with Crippen LogP contribution < -0.4 is 4.90 Å². The van der Waals surface area contributed by atoms with Crippen LogP contribution in [-0.4, -0.2) is 43.7 Å². The first-order valence-electron chi connectivity index (χ1n) is 9.39. The van der Waals surface area contributed by atoms with Gasteiger partial charge in [-0.2, -0.15) is 4.31 Å². The van der Waals surface area contributed by atoms with Gasteiger partial charge in [-0.25, -0.2) is 8.42 Å². The third-order valence-corrected chi connectivity index (χ3v) is 7.52. The van der Waals surface area contributed by atoms with E-state index in [2.05, 4.69) is 0 Å². The van der Waals surface area contributed by atoms with Crippen LogP contribution in [0.4, 0.5) is 11.4 Å². The van der Waals surface area contributed by atoms with Gasteiger partial charge in [0.2, 0.25) is 15.9 Å². The molecule has 2 aromatic rings. The third-order valence-electron chi connectivity index (χ3n) is 5.31. The van der Waals surface area contributed by atoms with Crippen molar-refractivity contribution in [3.05, 3.63) is 63.2 Å². The Hall–Kier alpha value is -2.49. The summed E-state index contributed by atoms with van der Waals surface area (Å²) in [6.07, 6.45) is 0.758. The van der Waals surface area contributed by atoms with Crippen LogP contribution in [0.3, 0.4) is 0 Å². The summed E-state index contributed by atoms with van der Waals surface area (Å²) in [7, 11) is -2.20. The summed E-state index contributed by atoms with van der Waals surface area (Å²) in [5.41, 5.74) is 1.43.